The van der Waals surface area contributed by atoms with Gasteiger partial charge in [0.05, 0.1) is 6.07 Å². The Labute approximate surface area is 350 Å². The number of nitrogens with two attached hydrogens (primary N) is 3. The topological polar surface area (TPSA) is 236 Å². The molecule has 338 valence electrons. The Bertz CT molecular complexity index is 1130. The fraction of sp³-hybridized carbons (Fsp3) is 0.850. The lowest BCUT2D eigenvalue weighted by atomic mass is 10.2. The molecule has 0 aromatic carbocycles. The zero-order valence-corrected chi connectivity index (χ0v) is 38.2. The van der Waals surface area contributed by atoms with Gasteiger partial charge < -0.3 is 51.3 Å². The Morgan fingerprint density at radius 1 is 0.569 bits per heavy atom. The van der Waals surface area contributed by atoms with E-state index in [0.29, 0.717) is 39.3 Å². The van der Waals surface area contributed by atoms with Crippen LogP contribution in [0.3, 0.4) is 0 Å². The minimum absolute atomic E-state index is 0.0667. The number of nitrogens with one attached hydrogen (secondary N) is 1. The molecular weight excluding hydrogens is 749 g/mol. The molecule has 0 bridgehead atoms. The first-order valence-corrected chi connectivity index (χ1v) is 20.1. The van der Waals surface area contributed by atoms with Crippen LogP contribution in [0.15, 0.2) is 0 Å². The number of amides is 4. The average Bonchev–Trinajstić information content (AvgIpc) is 3.06. The standard InChI is InChI=1S/C16H26N4O4.C16H34N4O4.C8H20N2/c1-15(2,3)23-13(21)19(9-8-17)10-11-20(12-18-7)14(22)24-16(4,5)6;1-15(2,3)23-13(21)19(9-7-17)11-12-20(10-8-18)14(22)24-16(4,5)6;1-2-7-10-8-5-3-4-6-9/h9-12H2,1-6H3;7-12,17-18H2,1-6H3;10H,2-9H2,1H3. The van der Waals surface area contributed by atoms with Gasteiger partial charge in [-0.3, -0.25) is 9.74 Å². The van der Waals surface area contributed by atoms with E-state index in [1.54, 1.807) is 83.1 Å². The van der Waals surface area contributed by atoms with Crippen molar-refractivity contribution in [2.24, 2.45) is 17.2 Å². The molecule has 58 heavy (non-hydrogen) atoms. The highest BCUT2D eigenvalue weighted by Gasteiger charge is 2.28. The monoisotopic (exact) mass is 829 g/mol. The molecule has 0 aliphatic rings. The van der Waals surface area contributed by atoms with Crippen molar-refractivity contribution < 1.29 is 38.1 Å². The largest absolute Gasteiger partial charge is 0.444 e. The van der Waals surface area contributed by atoms with Crippen molar-refractivity contribution in [2.75, 3.05) is 85.2 Å². The SMILES string of the molecule is CC(C)(C)OC(=O)N(CCN)CCN(CCN)C(=O)OC(C)(C)C.CCCNCCCCCN.[C-]#[N+]CN(CCN(CC#N)C(=O)OC(C)(C)C)C(=O)OC(C)(C)C. The maximum Gasteiger partial charge on any atom is 0.416 e. The molecule has 0 aromatic rings. The minimum Gasteiger partial charge on any atom is -0.444 e. The molecule has 7 N–H and O–H groups in total. The van der Waals surface area contributed by atoms with Gasteiger partial charge >= 0.3 is 24.4 Å². The van der Waals surface area contributed by atoms with Crippen LogP contribution < -0.4 is 22.5 Å². The van der Waals surface area contributed by atoms with Gasteiger partial charge in [0.2, 0.25) is 0 Å². The lowest BCUT2D eigenvalue weighted by molar-refractivity contribution is 0.0142. The quantitative estimate of drug-likeness (QED) is 0.0557. The lowest BCUT2D eigenvalue weighted by Crippen LogP contribution is -2.46. The maximum absolute atomic E-state index is 12.2. The number of nitrogens with zero attached hydrogens (tertiary/aromatic N) is 6. The summed E-state index contributed by atoms with van der Waals surface area (Å²) in [7, 11) is 0. The van der Waals surface area contributed by atoms with Gasteiger partial charge in [0, 0.05) is 52.4 Å². The summed E-state index contributed by atoms with van der Waals surface area (Å²) < 4.78 is 21.2. The van der Waals surface area contributed by atoms with E-state index in [1.165, 1.54) is 45.3 Å². The Balaban J connectivity index is -0.000000847. The van der Waals surface area contributed by atoms with E-state index in [4.69, 9.17) is 48.0 Å². The van der Waals surface area contributed by atoms with E-state index < -0.39 is 46.8 Å². The number of hydrogen-bond acceptors (Lipinski definition) is 13. The molecule has 0 rings (SSSR count). The van der Waals surface area contributed by atoms with E-state index in [1.807, 2.05) is 6.07 Å². The third-order valence-electron chi connectivity index (χ3n) is 6.67. The zero-order chi connectivity index (χ0) is 45.6. The summed E-state index contributed by atoms with van der Waals surface area (Å²) in [6, 6.07) is 1.89. The predicted octanol–water partition coefficient (Wildman–Crippen LogP) is 5.35. The van der Waals surface area contributed by atoms with Crippen LogP contribution >= 0.6 is 0 Å². The van der Waals surface area contributed by atoms with Crippen LogP contribution in [0.2, 0.25) is 0 Å². The Morgan fingerprint density at radius 2 is 0.931 bits per heavy atom. The molecular formula is C40H80N10O8. The van der Waals surface area contributed by atoms with Gasteiger partial charge in [-0.05, 0) is 122 Å². The molecule has 18 heteroatoms. The Kier molecular flexibility index (Phi) is 31.0. The Morgan fingerprint density at radius 3 is 1.26 bits per heavy atom. The summed E-state index contributed by atoms with van der Waals surface area (Å²) >= 11 is 0. The molecule has 0 fully saturated rings. The van der Waals surface area contributed by atoms with Crippen molar-refractivity contribution >= 4 is 24.4 Å². The fourth-order valence-electron chi connectivity index (χ4n) is 4.19. The van der Waals surface area contributed by atoms with Crippen LogP contribution in [0, 0.1) is 17.9 Å². The molecule has 0 unspecified atom stereocenters. The second kappa shape index (κ2) is 30.9. The van der Waals surface area contributed by atoms with Gasteiger partial charge in [0.15, 0.2) is 0 Å². The first-order valence-electron chi connectivity index (χ1n) is 20.1. The number of carbonyl (C=O) groups excluding carboxylic acids is 4. The molecule has 4 amide bonds. The van der Waals surface area contributed by atoms with Gasteiger partial charge in [0.25, 0.3) is 6.67 Å². The number of carbonyl (C=O) groups is 4. The van der Waals surface area contributed by atoms with Crippen molar-refractivity contribution in [3.05, 3.63) is 11.4 Å². The highest BCUT2D eigenvalue weighted by atomic mass is 16.6. The first kappa shape index (κ1) is 58.2. The van der Waals surface area contributed by atoms with Crippen molar-refractivity contribution in [2.45, 2.75) is 138 Å². The average molecular weight is 829 g/mol. The first-order chi connectivity index (χ1) is 26.7. The molecule has 0 heterocycles. The van der Waals surface area contributed by atoms with Gasteiger partial charge in [-0.25, -0.2) is 30.7 Å². The summed E-state index contributed by atoms with van der Waals surface area (Å²) in [4.78, 5) is 57.1. The second-order valence-electron chi connectivity index (χ2n) is 17.2. The Hall–Kier alpha value is -4.10. The van der Waals surface area contributed by atoms with Crippen LogP contribution in [0.4, 0.5) is 19.2 Å². The number of nitriles is 1. The number of unbranched alkanes of at least 4 members (excludes halogenated alkanes) is 2. The molecule has 0 saturated heterocycles. The molecule has 0 spiro atoms. The van der Waals surface area contributed by atoms with E-state index in [0.717, 1.165) is 19.6 Å². The number of ether oxygens (including phenoxy) is 4. The molecule has 0 aromatic heterocycles. The molecule has 0 radical (unpaired) electrons. The molecule has 0 aliphatic carbocycles. The van der Waals surface area contributed by atoms with Gasteiger partial charge in [0.1, 0.15) is 28.9 Å². The minimum atomic E-state index is -0.688. The fourth-order valence-corrected chi connectivity index (χ4v) is 4.19. The van der Waals surface area contributed by atoms with Crippen molar-refractivity contribution in [1.29, 1.82) is 5.26 Å². The van der Waals surface area contributed by atoms with E-state index in [2.05, 4.69) is 17.1 Å². The van der Waals surface area contributed by atoms with Crippen LogP contribution in [0.5, 0.6) is 0 Å². The summed E-state index contributed by atoms with van der Waals surface area (Å²) in [5, 5.41) is 12.2. The van der Waals surface area contributed by atoms with Crippen molar-refractivity contribution in [3.63, 3.8) is 0 Å². The van der Waals surface area contributed by atoms with Gasteiger partial charge in [-0.2, -0.15) is 5.26 Å². The summed E-state index contributed by atoms with van der Waals surface area (Å²) in [5.74, 6) is 0. The summed E-state index contributed by atoms with van der Waals surface area (Å²) in [6.07, 6.45) is 2.76. The summed E-state index contributed by atoms with van der Waals surface area (Å²) in [6.45, 7) is 35.1. The van der Waals surface area contributed by atoms with E-state index in [-0.39, 0.29) is 26.3 Å². The lowest BCUT2D eigenvalue weighted by Gasteiger charge is -2.31. The third-order valence-corrected chi connectivity index (χ3v) is 6.67. The smallest absolute Gasteiger partial charge is 0.416 e. The molecule has 0 saturated carbocycles. The van der Waals surface area contributed by atoms with Crippen LogP contribution in [0.25, 0.3) is 4.85 Å². The van der Waals surface area contributed by atoms with Crippen LogP contribution in [-0.2, 0) is 18.9 Å². The highest BCUT2D eigenvalue weighted by Crippen LogP contribution is 2.14. The molecule has 0 aliphatic heterocycles. The zero-order valence-electron chi connectivity index (χ0n) is 38.2. The van der Waals surface area contributed by atoms with E-state index in [9.17, 15) is 19.2 Å². The van der Waals surface area contributed by atoms with Crippen LogP contribution in [-0.4, -0.2) is 152 Å². The van der Waals surface area contributed by atoms with Gasteiger partial charge in [-0.15, -0.1) is 0 Å². The third kappa shape index (κ3) is 36.3. The number of hydrogen-bond donors (Lipinski definition) is 4. The summed E-state index contributed by atoms with van der Waals surface area (Å²) in [5.41, 5.74) is 13.9. The normalized spacial score (nSPS) is 11.2. The van der Waals surface area contributed by atoms with Crippen molar-refractivity contribution in [3.8, 4) is 6.07 Å². The second-order valence-corrected chi connectivity index (χ2v) is 17.2. The molecule has 0 atom stereocenters. The molecule has 18 nitrogen and oxygen atoms in total. The van der Waals surface area contributed by atoms with Gasteiger partial charge in [-0.1, -0.05) is 13.3 Å². The van der Waals surface area contributed by atoms with Crippen LogP contribution in [0.1, 0.15) is 116 Å². The van der Waals surface area contributed by atoms with E-state index >= 15 is 0 Å². The predicted molar refractivity (Wildman–Crippen MR) is 228 cm³/mol. The highest BCUT2D eigenvalue weighted by molar-refractivity contribution is 5.70. The number of rotatable bonds is 19. The van der Waals surface area contributed by atoms with Crippen molar-refractivity contribution in [1.82, 2.24) is 24.9 Å². The maximum atomic E-state index is 12.2.